The monoisotopic (exact) mass is 228 g/mol. The number of nitrogens with zero attached hydrogens (tertiary/aromatic N) is 2. The number of nitrogens with one attached hydrogen (secondary N) is 1. The van der Waals surface area contributed by atoms with Crippen LogP contribution in [0.3, 0.4) is 0 Å². The first-order valence-corrected chi connectivity index (χ1v) is 5.28. The third kappa shape index (κ3) is 4.34. The number of nitrogen functional groups attached to an aromatic ring is 1. The molecule has 0 saturated heterocycles. The first kappa shape index (κ1) is 12.0. The van der Waals surface area contributed by atoms with Crippen LogP contribution in [0.1, 0.15) is 27.2 Å². The van der Waals surface area contributed by atoms with Gasteiger partial charge < -0.3 is 11.1 Å². The molecule has 0 amide bonds. The summed E-state index contributed by atoms with van der Waals surface area (Å²) in [6, 6.07) is 0. The maximum Gasteiger partial charge on any atom is 0.224 e. The lowest BCUT2D eigenvalue weighted by atomic mass is 9.92. The number of aromatic nitrogens is 2. The lowest BCUT2D eigenvalue weighted by Crippen LogP contribution is -2.14. The Bertz CT molecular complexity index is 333. The van der Waals surface area contributed by atoms with Gasteiger partial charge in [-0.05, 0) is 23.4 Å². The molecule has 84 valence electrons. The topological polar surface area (TPSA) is 63.8 Å². The Morgan fingerprint density at radius 3 is 2.73 bits per heavy atom. The molecule has 1 heterocycles. The van der Waals surface area contributed by atoms with Crippen LogP contribution in [0.5, 0.6) is 0 Å². The summed E-state index contributed by atoms with van der Waals surface area (Å²) in [4.78, 5) is 7.80. The van der Waals surface area contributed by atoms with Crippen LogP contribution in [0.15, 0.2) is 6.20 Å². The van der Waals surface area contributed by atoms with Gasteiger partial charge in [0.15, 0.2) is 5.82 Å². The summed E-state index contributed by atoms with van der Waals surface area (Å²) in [5.41, 5.74) is 6.50. The zero-order chi connectivity index (χ0) is 11.5. The minimum absolute atomic E-state index is 0.211. The average molecular weight is 229 g/mol. The Balaban J connectivity index is 2.54. The van der Waals surface area contributed by atoms with Gasteiger partial charge in [0.2, 0.25) is 5.28 Å². The summed E-state index contributed by atoms with van der Waals surface area (Å²) in [6.07, 6.45) is 2.54. The van der Waals surface area contributed by atoms with E-state index in [1.165, 1.54) is 6.20 Å². The van der Waals surface area contributed by atoms with E-state index in [0.717, 1.165) is 13.0 Å². The van der Waals surface area contributed by atoms with E-state index in [1.54, 1.807) is 0 Å². The highest BCUT2D eigenvalue weighted by molar-refractivity contribution is 6.28. The molecule has 1 aromatic rings. The van der Waals surface area contributed by atoms with E-state index >= 15 is 0 Å². The zero-order valence-corrected chi connectivity index (χ0v) is 10.1. The highest BCUT2D eigenvalue weighted by atomic mass is 35.5. The van der Waals surface area contributed by atoms with Gasteiger partial charge in [-0.25, -0.2) is 4.98 Å². The smallest absolute Gasteiger partial charge is 0.224 e. The van der Waals surface area contributed by atoms with Gasteiger partial charge in [0.1, 0.15) is 0 Å². The number of hydrogen-bond acceptors (Lipinski definition) is 4. The van der Waals surface area contributed by atoms with E-state index in [1.807, 2.05) is 0 Å². The Morgan fingerprint density at radius 1 is 1.47 bits per heavy atom. The highest BCUT2D eigenvalue weighted by Crippen LogP contribution is 2.20. The molecule has 0 spiro atoms. The van der Waals surface area contributed by atoms with Gasteiger partial charge in [0.25, 0.3) is 0 Å². The van der Waals surface area contributed by atoms with Gasteiger partial charge in [-0.1, -0.05) is 20.8 Å². The van der Waals surface area contributed by atoms with Crippen molar-refractivity contribution in [3.05, 3.63) is 11.5 Å². The van der Waals surface area contributed by atoms with Gasteiger partial charge in [-0.3, -0.25) is 0 Å². The predicted molar refractivity (Wildman–Crippen MR) is 64.0 cm³/mol. The van der Waals surface area contributed by atoms with E-state index in [4.69, 9.17) is 17.3 Å². The van der Waals surface area contributed by atoms with E-state index in [2.05, 4.69) is 36.1 Å². The highest BCUT2D eigenvalue weighted by Gasteiger charge is 2.10. The van der Waals surface area contributed by atoms with Crippen molar-refractivity contribution in [2.24, 2.45) is 5.41 Å². The summed E-state index contributed by atoms with van der Waals surface area (Å²) in [6.45, 7) is 7.38. The lowest BCUT2D eigenvalue weighted by molar-refractivity contribution is 0.389. The minimum atomic E-state index is 0.211. The molecule has 0 radical (unpaired) electrons. The third-order valence-electron chi connectivity index (χ3n) is 1.96. The van der Waals surface area contributed by atoms with Crippen molar-refractivity contribution in [1.82, 2.24) is 9.97 Å². The van der Waals surface area contributed by atoms with Crippen LogP contribution in [0.4, 0.5) is 11.5 Å². The second kappa shape index (κ2) is 4.66. The van der Waals surface area contributed by atoms with Crippen molar-refractivity contribution in [2.45, 2.75) is 27.2 Å². The number of hydrogen-bond donors (Lipinski definition) is 2. The Labute approximate surface area is 95.3 Å². The number of nitrogens with two attached hydrogens (primary N) is 1. The van der Waals surface area contributed by atoms with Gasteiger partial charge in [0, 0.05) is 6.54 Å². The fourth-order valence-electron chi connectivity index (χ4n) is 1.07. The number of anilines is 2. The average Bonchev–Trinajstić information content (AvgIpc) is 2.09. The molecule has 3 N–H and O–H groups in total. The van der Waals surface area contributed by atoms with Crippen LogP contribution < -0.4 is 11.1 Å². The van der Waals surface area contributed by atoms with E-state index in [9.17, 15) is 0 Å². The van der Waals surface area contributed by atoms with Crippen molar-refractivity contribution < 1.29 is 0 Å². The summed E-state index contributed by atoms with van der Waals surface area (Å²) in [7, 11) is 0. The summed E-state index contributed by atoms with van der Waals surface area (Å²) < 4.78 is 0. The van der Waals surface area contributed by atoms with Crippen molar-refractivity contribution in [3.63, 3.8) is 0 Å². The molecule has 0 atom stereocenters. The Kier molecular flexibility index (Phi) is 3.74. The molecule has 0 saturated carbocycles. The van der Waals surface area contributed by atoms with Gasteiger partial charge in [0.05, 0.1) is 11.9 Å². The van der Waals surface area contributed by atoms with E-state index in [-0.39, 0.29) is 5.28 Å². The molecule has 0 aliphatic heterocycles. The molecule has 5 heteroatoms. The SMILES string of the molecule is CC(C)(C)CCNc1nc(Cl)ncc1N. The molecule has 4 nitrogen and oxygen atoms in total. The molecular weight excluding hydrogens is 212 g/mol. The van der Waals surface area contributed by atoms with Crippen molar-refractivity contribution in [1.29, 1.82) is 0 Å². The second-order valence-electron chi connectivity index (χ2n) is 4.68. The van der Waals surface area contributed by atoms with Crippen LogP contribution in [-0.2, 0) is 0 Å². The molecule has 0 unspecified atom stereocenters. The summed E-state index contributed by atoms with van der Waals surface area (Å²) in [5, 5.41) is 3.36. The van der Waals surface area contributed by atoms with Crippen LogP contribution >= 0.6 is 11.6 Å². The summed E-state index contributed by atoms with van der Waals surface area (Å²) in [5.74, 6) is 0.610. The van der Waals surface area contributed by atoms with E-state index in [0.29, 0.717) is 16.9 Å². The zero-order valence-electron chi connectivity index (χ0n) is 9.34. The molecule has 0 bridgehead atoms. The van der Waals surface area contributed by atoms with E-state index < -0.39 is 0 Å². The fraction of sp³-hybridized carbons (Fsp3) is 0.600. The summed E-state index contributed by atoms with van der Waals surface area (Å²) >= 11 is 5.67. The molecule has 0 aliphatic rings. The quantitative estimate of drug-likeness (QED) is 0.781. The van der Waals surface area contributed by atoms with Crippen LogP contribution in [0.25, 0.3) is 0 Å². The van der Waals surface area contributed by atoms with Crippen LogP contribution in [0.2, 0.25) is 5.28 Å². The van der Waals surface area contributed by atoms with Crippen molar-refractivity contribution in [3.8, 4) is 0 Å². The van der Waals surface area contributed by atoms with Crippen molar-refractivity contribution in [2.75, 3.05) is 17.6 Å². The molecule has 1 rings (SSSR count). The molecule has 0 aromatic carbocycles. The maximum absolute atomic E-state index is 5.69. The molecule has 0 aliphatic carbocycles. The standard InChI is InChI=1S/C10H17ClN4/c1-10(2,3)4-5-13-8-7(12)6-14-9(11)15-8/h6H,4-5,12H2,1-3H3,(H,13,14,15). The molecule has 0 fully saturated rings. The molecule has 1 aromatic heterocycles. The number of halogens is 1. The first-order chi connectivity index (χ1) is 6.88. The lowest BCUT2D eigenvalue weighted by Gasteiger charge is -2.18. The molecular formula is C10H17ClN4. The van der Waals surface area contributed by atoms with Crippen molar-refractivity contribution >= 4 is 23.1 Å². The Hall–Kier alpha value is -1.03. The van der Waals surface area contributed by atoms with Gasteiger partial charge >= 0.3 is 0 Å². The minimum Gasteiger partial charge on any atom is -0.394 e. The maximum atomic E-state index is 5.69. The Morgan fingerprint density at radius 2 is 2.13 bits per heavy atom. The second-order valence-corrected chi connectivity index (χ2v) is 5.02. The first-order valence-electron chi connectivity index (χ1n) is 4.90. The fourth-order valence-corrected chi connectivity index (χ4v) is 1.20. The number of rotatable bonds is 3. The normalized spacial score (nSPS) is 11.5. The van der Waals surface area contributed by atoms with Gasteiger partial charge in [-0.2, -0.15) is 4.98 Å². The van der Waals surface area contributed by atoms with Crippen LogP contribution in [-0.4, -0.2) is 16.5 Å². The van der Waals surface area contributed by atoms with Gasteiger partial charge in [-0.15, -0.1) is 0 Å². The molecule has 15 heavy (non-hydrogen) atoms. The largest absolute Gasteiger partial charge is 0.394 e. The predicted octanol–water partition coefficient (Wildman–Crippen LogP) is 2.56. The van der Waals surface area contributed by atoms with Crippen LogP contribution in [0, 0.1) is 5.41 Å². The third-order valence-corrected chi connectivity index (χ3v) is 2.14.